The molecule has 0 heterocycles. The van der Waals surface area contributed by atoms with Gasteiger partial charge in [0.05, 0.1) is 0 Å². The number of nitrogens with zero attached hydrogens (tertiary/aromatic N) is 1. The molecule has 0 fully saturated rings. The Hall–Kier alpha value is -1.36. The fourth-order valence-electron chi connectivity index (χ4n) is 3.21. The predicted octanol–water partition coefficient (Wildman–Crippen LogP) is 5.15. The first-order chi connectivity index (χ1) is 13.5. The largest absolute Gasteiger partial charge is 0.480 e. The molecule has 0 saturated carbocycles. The smallest absolute Gasteiger partial charge is 0.320 e. The molecule has 0 aliphatic heterocycles. The Kier molecular flexibility index (Phi) is 18.1. The van der Waals surface area contributed by atoms with Crippen LogP contribution < -0.4 is 5.32 Å². The minimum absolute atomic E-state index is 0.116. The third-order valence-electron chi connectivity index (χ3n) is 5.05. The number of carbonyl (C=O) groups is 2. The molecular formula is C23H44N2O3. The number of carbonyl (C=O) groups excluding carboxylic acids is 1. The van der Waals surface area contributed by atoms with Crippen LogP contribution >= 0.6 is 0 Å². The van der Waals surface area contributed by atoms with E-state index in [1.165, 1.54) is 38.5 Å². The van der Waals surface area contributed by atoms with Crippen LogP contribution in [-0.4, -0.2) is 48.6 Å². The van der Waals surface area contributed by atoms with E-state index >= 15 is 0 Å². The molecule has 0 saturated heterocycles. The predicted molar refractivity (Wildman–Crippen MR) is 118 cm³/mol. The van der Waals surface area contributed by atoms with Crippen LogP contribution in [0.5, 0.6) is 0 Å². The first-order valence-corrected chi connectivity index (χ1v) is 11.3. The summed E-state index contributed by atoms with van der Waals surface area (Å²) in [6.07, 6.45) is 19.6. The molecule has 0 spiro atoms. The Morgan fingerprint density at radius 3 is 2.07 bits per heavy atom. The molecule has 0 radical (unpaired) electrons. The number of hydrogen-bond donors (Lipinski definition) is 2. The summed E-state index contributed by atoms with van der Waals surface area (Å²) in [7, 11) is 3.57. The first-order valence-electron chi connectivity index (χ1n) is 11.3. The topological polar surface area (TPSA) is 69.6 Å². The molecule has 0 aromatic carbocycles. The lowest BCUT2D eigenvalue weighted by atomic mass is 10.1. The molecular weight excluding hydrogens is 352 g/mol. The Morgan fingerprint density at radius 2 is 1.50 bits per heavy atom. The second-order valence-electron chi connectivity index (χ2n) is 7.94. The number of carboxylic acids is 1. The average Bonchev–Trinajstić information content (AvgIpc) is 2.64. The molecule has 0 aliphatic rings. The van der Waals surface area contributed by atoms with Gasteiger partial charge in [0.15, 0.2) is 0 Å². The highest BCUT2D eigenvalue weighted by molar-refractivity contribution is 5.75. The Bertz CT molecular complexity index is 422. The fraction of sp³-hybridized carbons (Fsp3) is 0.826. The number of aliphatic carboxylic acids is 1. The van der Waals surface area contributed by atoms with Gasteiger partial charge in [0.2, 0.25) is 5.91 Å². The normalized spacial score (nSPS) is 12.6. The van der Waals surface area contributed by atoms with Gasteiger partial charge in [-0.2, -0.15) is 0 Å². The van der Waals surface area contributed by atoms with Crippen molar-refractivity contribution < 1.29 is 14.7 Å². The third kappa shape index (κ3) is 16.8. The number of nitrogens with one attached hydrogen (secondary N) is 1. The summed E-state index contributed by atoms with van der Waals surface area (Å²) in [5, 5.41) is 12.1. The van der Waals surface area contributed by atoms with Gasteiger partial charge in [0.25, 0.3) is 0 Å². The molecule has 0 bridgehead atoms. The van der Waals surface area contributed by atoms with E-state index in [1.807, 2.05) is 0 Å². The SMILES string of the molecule is CCCCCCC/C=C/CCCCCC(=O)NCCCC[C@@H](C(=O)O)N(C)C. The second-order valence-corrected chi connectivity index (χ2v) is 7.94. The van der Waals surface area contributed by atoms with Gasteiger partial charge >= 0.3 is 5.97 Å². The van der Waals surface area contributed by atoms with Crippen LogP contribution in [0.15, 0.2) is 12.2 Å². The lowest BCUT2D eigenvalue weighted by molar-refractivity contribution is -0.142. The average molecular weight is 397 g/mol. The van der Waals surface area contributed by atoms with E-state index in [2.05, 4.69) is 24.4 Å². The molecule has 5 nitrogen and oxygen atoms in total. The summed E-state index contributed by atoms with van der Waals surface area (Å²) in [5.74, 6) is -0.666. The van der Waals surface area contributed by atoms with Crippen LogP contribution in [0, 0.1) is 0 Å². The number of hydrogen-bond acceptors (Lipinski definition) is 3. The van der Waals surface area contributed by atoms with Crippen LogP contribution in [0.25, 0.3) is 0 Å². The van der Waals surface area contributed by atoms with Crippen molar-refractivity contribution in [3.8, 4) is 0 Å². The molecule has 5 heteroatoms. The summed E-state index contributed by atoms with van der Waals surface area (Å²) in [6, 6.07) is -0.439. The monoisotopic (exact) mass is 396 g/mol. The van der Waals surface area contributed by atoms with E-state index in [-0.39, 0.29) is 5.91 Å². The van der Waals surface area contributed by atoms with Crippen LogP contribution in [-0.2, 0) is 9.59 Å². The summed E-state index contributed by atoms with van der Waals surface area (Å²) in [6.45, 7) is 2.88. The lowest BCUT2D eigenvalue weighted by Gasteiger charge is -2.19. The van der Waals surface area contributed by atoms with Gasteiger partial charge in [-0.1, -0.05) is 51.2 Å². The molecule has 0 unspecified atom stereocenters. The molecule has 2 N–H and O–H groups in total. The first kappa shape index (κ1) is 26.6. The maximum atomic E-state index is 11.8. The van der Waals surface area contributed by atoms with Crippen molar-refractivity contribution in [2.75, 3.05) is 20.6 Å². The molecule has 0 aliphatic carbocycles. The number of unbranched alkanes of at least 4 members (excludes halogenated alkanes) is 9. The molecule has 164 valence electrons. The van der Waals surface area contributed by atoms with Gasteiger partial charge in [0, 0.05) is 13.0 Å². The quantitative estimate of drug-likeness (QED) is 0.234. The highest BCUT2D eigenvalue weighted by Gasteiger charge is 2.18. The maximum Gasteiger partial charge on any atom is 0.320 e. The second kappa shape index (κ2) is 19.0. The molecule has 0 aromatic rings. The van der Waals surface area contributed by atoms with Crippen LogP contribution in [0.3, 0.4) is 0 Å². The van der Waals surface area contributed by atoms with Crippen molar-refractivity contribution in [2.24, 2.45) is 0 Å². The molecule has 0 rings (SSSR count). The lowest BCUT2D eigenvalue weighted by Crippen LogP contribution is -2.35. The molecule has 1 atom stereocenters. The van der Waals surface area contributed by atoms with E-state index in [0.717, 1.165) is 38.5 Å². The van der Waals surface area contributed by atoms with E-state index in [4.69, 9.17) is 5.11 Å². The zero-order chi connectivity index (χ0) is 21.0. The zero-order valence-corrected chi connectivity index (χ0v) is 18.5. The Labute approximate surface area is 173 Å². The van der Waals surface area contributed by atoms with Crippen molar-refractivity contribution in [3.63, 3.8) is 0 Å². The van der Waals surface area contributed by atoms with Crippen molar-refractivity contribution in [2.45, 2.75) is 103 Å². The van der Waals surface area contributed by atoms with Crippen LogP contribution in [0.4, 0.5) is 0 Å². The molecule has 28 heavy (non-hydrogen) atoms. The van der Waals surface area contributed by atoms with Gasteiger partial charge in [-0.15, -0.1) is 0 Å². The van der Waals surface area contributed by atoms with Gasteiger partial charge in [-0.05, 0) is 65.5 Å². The number of carboxylic acid groups (broad SMARTS) is 1. The summed E-state index contributed by atoms with van der Waals surface area (Å²) in [4.78, 5) is 24.6. The minimum atomic E-state index is -0.782. The van der Waals surface area contributed by atoms with Crippen molar-refractivity contribution in [1.29, 1.82) is 0 Å². The van der Waals surface area contributed by atoms with Crippen molar-refractivity contribution >= 4 is 11.9 Å². The third-order valence-corrected chi connectivity index (χ3v) is 5.05. The van der Waals surface area contributed by atoms with E-state index in [0.29, 0.717) is 19.4 Å². The van der Waals surface area contributed by atoms with Gasteiger partial charge in [-0.25, -0.2) is 0 Å². The van der Waals surface area contributed by atoms with E-state index in [1.54, 1.807) is 19.0 Å². The van der Waals surface area contributed by atoms with Gasteiger partial charge in [-0.3, -0.25) is 14.5 Å². The van der Waals surface area contributed by atoms with Gasteiger partial charge in [0.1, 0.15) is 6.04 Å². The van der Waals surface area contributed by atoms with Crippen molar-refractivity contribution in [3.05, 3.63) is 12.2 Å². The maximum absolute atomic E-state index is 11.8. The number of amides is 1. The summed E-state index contributed by atoms with van der Waals surface area (Å²) < 4.78 is 0. The zero-order valence-electron chi connectivity index (χ0n) is 18.5. The summed E-state index contributed by atoms with van der Waals surface area (Å²) in [5.41, 5.74) is 0. The highest BCUT2D eigenvalue weighted by atomic mass is 16.4. The van der Waals surface area contributed by atoms with Crippen molar-refractivity contribution in [1.82, 2.24) is 10.2 Å². The van der Waals surface area contributed by atoms with Crippen LogP contribution in [0.1, 0.15) is 96.8 Å². The number of rotatable bonds is 19. The van der Waals surface area contributed by atoms with Gasteiger partial charge < -0.3 is 10.4 Å². The standard InChI is InChI=1S/C23H44N2O3/c1-4-5-6-7-8-9-10-11-12-13-14-15-19-22(26)24-20-17-16-18-21(23(27)28)25(2)3/h10-11,21H,4-9,12-20H2,1-3H3,(H,24,26)(H,27,28)/b11-10+/t21-/m0/s1. The Morgan fingerprint density at radius 1 is 0.893 bits per heavy atom. The molecule has 0 aromatic heterocycles. The number of allylic oxidation sites excluding steroid dienone is 2. The number of likely N-dealkylation sites (N-methyl/N-ethyl adjacent to an activating group) is 1. The fourth-order valence-corrected chi connectivity index (χ4v) is 3.21. The highest BCUT2D eigenvalue weighted by Crippen LogP contribution is 2.08. The summed E-state index contributed by atoms with van der Waals surface area (Å²) >= 11 is 0. The van der Waals surface area contributed by atoms with E-state index in [9.17, 15) is 9.59 Å². The van der Waals surface area contributed by atoms with E-state index < -0.39 is 12.0 Å². The molecule has 1 amide bonds. The Balaban J connectivity index is 3.45. The van der Waals surface area contributed by atoms with Crippen LogP contribution in [0.2, 0.25) is 0 Å². The minimum Gasteiger partial charge on any atom is -0.480 e.